The number of fused-ring (bicyclic) bond motifs is 1. The van der Waals surface area contributed by atoms with Gasteiger partial charge < -0.3 is 10.2 Å². The summed E-state index contributed by atoms with van der Waals surface area (Å²) in [6.07, 6.45) is 9.52. The number of aliphatic hydroxyl groups is 1. The first kappa shape index (κ1) is 29.7. The van der Waals surface area contributed by atoms with E-state index in [9.17, 15) is 14.7 Å². The molecule has 36 heavy (non-hydrogen) atoms. The van der Waals surface area contributed by atoms with Gasteiger partial charge in [-0.1, -0.05) is 63.6 Å². The highest BCUT2D eigenvalue weighted by Crippen LogP contribution is 2.31. The lowest BCUT2D eigenvalue weighted by atomic mass is 9.75. The van der Waals surface area contributed by atoms with Crippen molar-refractivity contribution in [2.24, 2.45) is 11.3 Å². The zero-order chi connectivity index (χ0) is 26.9. The summed E-state index contributed by atoms with van der Waals surface area (Å²) >= 11 is 1.73. The maximum absolute atomic E-state index is 13.1. The summed E-state index contributed by atoms with van der Waals surface area (Å²) in [5, 5.41) is 20.4. The largest absolute Gasteiger partial charge is 0.481 e. The monoisotopic (exact) mass is 511 g/mol. The summed E-state index contributed by atoms with van der Waals surface area (Å²) < 4.78 is 1.24. The van der Waals surface area contributed by atoms with Crippen molar-refractivity contribution in [3.05, 3.63) is 64.7 Å². The molecule has 0 saturated heterocycles. The highest BCUT2D eigenvalue weighted by atomic mass is 32.1. The van der Waals surface area contributed by atoms with Gasteiger partial charge in [0.1, 0.15) is 0 Å². The molecule has 0 radical (unpaired) electrons. The molecule has 0 fully saturated rings. The van der Waals surface area contributed by atoms with Crippen LogP contribution in [0.1, 0.15) is 76.8 Å². The normalized spacial score (nSPS) is 14.6. The number of Topliss-reactive ketones (excluding diaryl/α,β-unsaturated/α-hetero) is 1. The number of allylic oxidation sites excluding steroid dienone is 5. The Labute approximate surface area is 219 Å². The smallest absolute Gasteiger partial charge is 0.306 e. The first-order valence-electron chi connectivity index (χ1n) is 12.7. The first-order valence-corrected chi connectivity index (χ1v) is 13.5. The standard InChI is InChI=1S/C30H41NO4S/c1-7-10-24(29(35)30(5,6)27(32)19-28(33)34)17-21(3)13-8-11-20(2)12-9-14-23-15-16-26-25(18-23)31-22(4)36-26/h7,10,12,15-16,18,21,27,32H,1,8-9,11,13-14,17,19H2,2-6H3,(H,33,34)/b20-12-,24-10+/t21-,27?/m0/s1. The molecule has 196 valence electrons. The number of nitrogens with zero attached hydrogens (tertiary/aromatic N) is 1. The number of aliphatic hydroxyl groups excluding tert-OH is 1. The Morgan fingerprint density at radius 2 is 1.97 bits per heavy atom. The number of aromatic nitrogens is 1. The molecule has 0 spiro atoms. The molecule has 2 N–H and O–H groups in total. The second kappa shape index (κ2) is 13.7. The van der Waals surface area contributed by atoms with Crippen molar-refractivity contribution in [3.8, 4) is 0 Å². The summed E-state index contributed by atoms with van der Waals surface area (Å²) in [6, 6.07) is 6.56. The predicted molar refractivity (Wildman–Crippen MR) is 149 cm³/mol. The van der Waals surface area contributed by atoms with Crippen molar-refractivity contribution in [2.75, 3.05) is 0 Å². The van der Waals surface area contributed by atoms with E-state index in [-0.39, 0.29) is 11.7 Å². The van der Waals surface area contributed by atoms with E-state index in [4.69, 9.17) is 5.11 Å². The Hall–Kier alpha value is -2.57. The summed E-state index contributed by atoms with van der Waals surface area (Å²) in [6.45, 7) is 13.3. The molecule has 0 bridgehead atoms. The minimum Gasteiger partial charge on any atom is -0.481 e. The molecule has 2 aromatic rings. The molecule has 1 aromatic heterocycles. The van der Waals surface area contributed by atoms with Crippen LogP contribution >= 0.6 is 11.3 Å². The highest BCUT2D eigenvalue weighted by Gasteiger charge is 2.38. The summed E-state index contributed by atoms with van der Waals surface area (Å²) in [7, 11) is 0. The average Bonchev–Trinajstić information content (AvgIpc) is 3.17. The number of benzene rings is 1. The van der Waals surface area contributed by atoms with Crippen LogP contribution in [0.25, 0.3) is 10.2 Å². The van der Waals surface area contributed by atoms with Crippen molar-refractivity contribution in [1.82, 2.24) is 4.98 Å². The SMILES string of the molecule is C=C/C=C(\C[C@@H](C)CCC/C(C)=C\CCc1ccc2sc(C)nc2c1)C(=O)C(C)(C)C(O)CC(=O)O. The third-order valence-electron chi connectivity index (χ3n) is 6.72. The van der Waals surface area contributed by atoms with Crippen molar-refractivity contribution >= 4 is 33.3 Å². The fourth-order valence-electron chi connectivity index (χ4n) is 4.40. The van der Waals surface area contributed by atoms with Crippen LogP contribution in [0.4, 0.5) is 0 Å². The number of carboxylic acids is 1. The molecule has 5 nitrogen and oxygen atoms in total. The number of aliphatic carboxylic acids is 1. The van der Waals surface area contributed by atoms with Crippen LogP contribution in [0.15, 0.2) is 54.2 Å². The number of rotatable bonds is 15. The zero-order valence-corrected chi connectivity index (χ0v) is 23.2. The van der Waals surface area contributed by atoms with Crippen LogP contribution < -0.4 is 0 Å². The molecule has 1 heterocycles. The molecule has 1 unspecified atom stereocenters. The summed E-state index contributed by atoms with van der Waals surface area (Å²) in [4.78, 5) is 28.7. The molecule has 6 heteroatoms. The Morgan fingerprint density at radius 1 is 1.25 bits per heavy atom. The predicted octanol–water partition coefficient (Wildman–Crippen LogP) is 7.22. The average molecular weight is 512 g/mol. The fraction of sp³-hybridized carbons (Fsp3) is 0.500. The number of thiazole rings is 1. The van der Waals surface area contributed by atoms with Crippen molar-refractivity contribution in [1.29, 1.82) is 0 Å². The van der Waals surface area contributed by atoms with Crippen molar-refractivity contribution in [2.45, 2.75) is 85.7 Å². The minimum atomic E-state index is -1.24. The van der Waals surface area contributed by atoms with Crippen LogP contribution in [-0.4, -0.2) is 33.1 Å². The number of carbonyl (C=O) groups excluding carboxylic acids is 1. The van der Waals surface area contributed by atoms with E-state index in [1.54, 1.807) is 37.3 Å². The molecule has 0 aliphatic carbocycles. The maximum atomic E-state index is 13.1. The second-order valence-corrected chi connectivity index (χ2v) is 11.7. The lowest BCUT2D eigenvalue weighted by Crippen LogP contribution is -2.39. The van der Waals surface area contributed by atoms with E-state index in [0.717, 1.165) is 42.6 Å². The Balaban J connectivity index is 1.83. The molecule has 0 aliphatic rings. The van der Waals surface area contributed by atoms with Gasteiger partial charge in [0.2, 0.25) is 0 Å². The van der Waals surface area contributed by atoms with Crippen LogP contribution in [-0.2, 0) is 16.0 Å². The van der Waals surface area contributed by atoms with Crippen LogP contribution in [0, 0.1) is 18.3 Å². The molecular formula is C30H41NO4S. The molecular weight excluding hydrogens is 470 g/mol. The number of aryl methyl sites for hydroxylation is 2. The fourth-order valence-corrected chi connectivity index (χ4v) is 5.21. The minimum absolute atomic E-state index is 0.218. The summed E-state index contributed by atoms with van der Waals surface area (Å²) in [5.74, 6) is -1.05. The van der Waals surface area contributed by atoms with E-state index in [1.165, 1.54) is 15.8 Å². The molecule has 0 amide bonds. The number of carboxylic acid groups (broad SMARTS) is 1. The Bertz CT molecular complexity index is 1130. The van der Waals surface area contributed by atoms with Crippen molar-refractivity contribution < 1.29 is 19.8 Å². The topological polar surface area (TPSA) is 87.5 Å². The maximum Gasteiger partial charge on any atom is 0.306 e. The number of ketones is 1. The third kappa shape index (κ3) is 8.82. The van der Waals surface area contributed by atoms with Gasteiger partial charge in [0.25, 0.3) is 0 Å². The lowest BCUT2D eigenvalue weighted by Gasteiger charge is -2.30. The van der Waals surface area contributed by atoms with Gasteiger partial charge in [0.15, 0.2) is 5.78 Å². The van der Waals surface area contributed by atoms with Gasteiger partial charge in [-0.3, -0.25) is 9.59 Å². The molecule has 1 aromatic carbocycles. The zero-order valence-electron chi connectivity index (χ0n) is 22.3. The van der Waals surface area contributed by atoms with E-state index in [1.807, 2.05) is 6.92 Å². The van der Waals surface area contributed by atoms with Crippen LogP contribution in [0.3, 0.4) is 0 Å². The quantitative estimate of drug-likeness (QED) is 0.150. The lowest BCUT2D eigenvalue weighted by molar-refractivity contribution is -0.143. The molecule has 0 saturated carbocycles. The van der Waals surface area contributed by atoms with Gasteiger partial charge in [0.05, 0.1) is 33.2 Å². The Kier molecular flexibility index (Phi) is 11.3. The van der Waals surface area contributed by atoms with Gasteiger partial charge in [-0.05, 0) is 75.1 Å². The van der Waals surface area contributed by atoms with E-state index in [0.29, 0.717) is 12.0 Å². The molecule has 2 rings (SSSR count). The van der Waals surface area contributed by atoms with Crippen LogP contribution in [0.5, 0.6) is 0 Å². The van der Waals surface area contributed by atoms with E-state index < -0.39 is 23.9 Å². The molecule has 2 atom stereocenters. The van der Waals surface area contributed by atoms with E-state index in [2.05, 4.69) is 49.7 Å². The van der Waals surface area contributed by atoms with Crippen LogP contribution in [0.2, 0.25) is 0 Å². The third-order valence-corrected chi connectivity index (χ3v) is 7.67. The van der Waals surface area contributed by atoms with Crippen molar-refractivity contribution in [3.63, 3.8) is 0 Å². The summed E-state index contributed by atoms with van der Waals surface area (Å²) in [5.41, 5.74) is 3.20. The van der Waals surface area contributed by atoms with Gasteiger partial charge in [-0.15, -0.1) is 11.3 Å². The van der Waals surface area contributed by atoms with E-state index >= 15 is 0 Å². The number of carbonyl (C=O) groups is 2. The van der Waals surface area contributed by atoms with Gasteiger partial charge in [-0.2, -0.15) is 0 Å². The Morgan fingerprint density at radius 3 is 2.64 bits per heavy atom. The molecule has 0 aliphatic heterocycles. The second-order valence-electron chi connectivity index (χ2n) is 10.4. The van der Waals surface area contributed by atoms with Gasteiger partial charge in [-0.25, -0.2) is 4.98 Å². The number of hydrogen-bond donors (Lipinski definition) is 2. The highest BCUT2D eigenvalue weighted by molar-refractivity contribution is 7.18. The number of hydrogen-bond acceptors (Lipinski definition) is 5. The van der Waals surface area contributed by atoms with Gasteiger partial charge in [0, 0.05) is 0 Å². The first-order chi connectivity index (χ1) is 16.9. The van der Waals surface area contributed by atoms with Gasteiger partial charge >= 0.3 is 5.97 Å².